The number of halogens is 3. The molecule has 0 spiro atoms. The summed E-state index contributed by atoms with van der Waals surface area (Å²) in [5.41, 5.74) is 3.73. The molecule has 0 aliphatic carbocycles. The maximum atomic E-state index is 12.9. The Kier molecular flexibility index (Phi) is 5.93. The topological polar surface area (TPSA) is 64.7 Å². The highest BCUT2D eigenvalue weighted by atomic mass is 79.9. The van der Waals surface area contributed by atoms with Gasteiger partial charge in [0.2, 0.25) is 5.91 Å². The highest BCUT2D eigenvalue weighted by molar-refractivity contribution is 9.10. The largest absolute Gasteiger partial charge is 0.350 e. The lowest BCUT2D eigenvalue weighted by Gasteiger charge is -2.08. The molecule has 1 N–H and O–H groups in total. The molecule has 9 heteroatoms. The first-order valence-electron chi connectivity index (χ1n) is 8.67. The second-order valence-corrected chi connectivity index (χ2v) is 7.21. The maximum absolute atomic E-state index is 12.9. The van der Waals surface area contributed by atoms with Crippen molar-refractivity contribution in [3.05, 3.63) is 63.1 Å². The number of nitrogens with zero attached hydrogens (tertiary/aromatic N) is 4. The van der Waals surface area contributed by atoms with E-state index in [4.69, 9.17) is 0 Å². The molecule has 3 rings (SSSR count). The Hall–Kier alpha value is -2.55. The summed E-state index contributed by atoms with van der Waals surface area (Å²) in [6.45, 7) is 5.62. The number of aryl methyl sites for hydroxylation is 1. The number of alkyl halides is 2. The van der Waals surface area contributed by atoms with Crippen molar-refractivity contribution in [3.63, 3.8) is 0 Å². The molecule has 148 valence electrons. The summed E-state index contributed by atoms with van der Waals surface area (Å²) in [6.07, 6.45) is -2.70. The highest BCUT2D eigenvalue weighted by Crippen LogP contribution is 2.28. The van der Waals surface area contributed by atoms with Crippen molar-refractivity contribution in [1.82, 2.24) is 24.9 Å². The molecule has 28 heavy (non-hydrogen) atoms. The Labute approximate surface area is 169 Å². The Balaban J connectivity index is 1.71. The summed E-state index contributed by atoms with van der Waals surface area (Å²) in [5, 5.41) is 11.2. The Morgan fingerprint density at radius 1 is 1.14 bits per heavy atom. The standard InChI is InChI=1S/C19H20BrF2N5O/c1-11-15(12(2)27(24-11)14-7-5-4-6-8-14)9-23-16(28)10-26-13(3)17(20)18(25-26)19(21)22/h4-8,19H,9-10H2,1-3H3,(H,23,28). The van der Waals surface area contributed by atoms with Gasteiger partial charge < -0.3 is 5.32 Å². The van der Waals surface area contributed by atoms with Crippen molar-refractivity contribution in [3.8, 4) is 5.69 Å². The molecule has 0 unspecified atom stereocenters. The third-order valence-electron chi connectivity index (χ3n) is 4.56. The van der Waals surface area contributed by atoms with Crippen LogP contribution in [0.25, 0.3) is 5.69 Å². The SMILES string of the molecule is Cc1nn(-c2ccccc2)c(C)c1CNC(=O)Cn1nc(C(F)F)c(Br)c1C. The van der Waals surface area contributed by atoms with Crippen LogP contribution < -0.4 is 5.32 Å². The van der Waals surface area contributed by atoms with Crippen molar-refractivity contribution in [2.45, 2.75) is 40.3 Å². The Bertz CT molecular complexity index is 998. The van der Waals surface area contributed by atoms with E-state index in [9.17, 15) is 13.6 Å². The summed E-state index contributed by atoms with van der Waals surface area (Å²) in [4.78, 5) is 12.3. The number of rotatable bonds is 6. The number of para-hydroxylation sites is 1. The zero-order valence-corrected chi connectivity index (χ0v) is 17.3. The van der Waals surface area contributed by atoms with E-state index in [1.807, 2.05) is 48.9 Å². The first-order valence-corrected chi connectivity index (χ1v) is 9.47. The average Bonchev–Trinajstić information content (AvgIpc) is 3.11. The van der Waals surface area contributed by atoms with Gasteiger partial charge in [0, 0.05) is 17.8 Å². The van der Waals surface area contributed by atoms with E-state index in [0.29, 0.717) is 12.2 Å². The molecule has 1 aromatic carbocycles. The summed E-state index contributed by atoms with van der Waals surface area (Å²) in [7, 11) is 0. The van der Waals surface area contributed by atoms with Crippen LogP contribution in [0.3, 0.4) is 0 Å². The van der Waals surface area contributed by atoms with Crippen LogP contribution in [0.15, 0.2) is 34.8 Å². The second-order valence-electron chi connectivity index (χ2n) is 6.42. The number of hydrogen-bond donors (Lipinski definition) is 1. The molecule has 0 radical (unpaired) electrons. The lowest BCUT2D eigenvalue weighted by Crippen LogP contribution is -2.28. The van der Waals surface area contributed by atoms with Gasteiger partial charge in [-0.05, 0) is 48.8 Å². The third-order valence-corrected chi connectivity index (χ3v) is 5.54. The van der Waals surface area contributed by atoms with Gasteiger partial charge in [0.15, 0.2) is 0 Å². The number of amides is 1. The molecule has 2 aromatic heterocycles. The van der Waals surface area contributed by atoms with Crippen LogP contribution in [0.4, 0.5) is 8.78 Å². The van der Waals surface area contributed by atoms with E-state index in [1.165, 1.54) is 4.68 Å². The summed E-state index contributed by atoms with van der Waals surface area (Å²) in [5.74, 6) is -0.315. The summed E-state index contributed by atoms with van der Waals surface area (Å²) in [6, 6.07) is 9.73. The van der Waals surface area contributed by atoms with Crippen molar-refractivity contribution in [2.75, 3.05) is 0 Å². The van der Waals surface area contributed by atoms with Gasteiger partial charge in [0.1, 0.15) is 12.2 Å². The van der Waals surface area contributed by atoms with Gasteiger partial charge in [0.25, 0.3) is 6.43 Å². The number of nitrogens with one attached hydrogen (secondary N) is 1. The molecule has 0 saturated heterocycles. The molecular formula is C19H20BrF2N5O. The molecule has 0 aliphatic heterocycles. The number of carbonyl (C=O) groups excluding carboxylic acids is 1. The van der Waals surface area contributed by atoms with E-state index in [2.05, 4.69) is 31.4 Å². The minimum Gasteiger partial charge on any atom is -0.350 e. The van der Waals surface area contributed by atoms with Gasteiger partial charge in [-0.25, -0.2) is 13.5 Å². The van der Waals surface area contributed by atoms with Crippen LogP contribution in [0, 0.1) is 20.8 Å². The maximum Gasteiger partial charge on any atom is 0.283 e. The van der Waals surface area contributed by atoms with Gasteiger partial charge in [-0.2, -0.15) is 10.2 Å². The van der Waals surface area contributed by atoms with Crippen LogP contribution in [0.2, 0.25) is 0 Å². The zero-order chi connectivity index (χ0) is 20.4. The number of aromatic nitrogens is 4. The highest BCUT2D eigenvalue weighted by Gasteiger charge is 2.21. The van der Waals surface area contributed by atoms with Gasteiger partial charge in [-0.1, -0.05) is 18.2 Å². The zero-order valence-electron chi connectivity index (χ0n) is 15.7. The van der Waals surface area contributed by atoms with Gasteiger partial charge >= 0.3 is 0 Å². The predicted octanol–water partition coefficient (Wildman–Crippen LogP) is 4.01. The normalized spacial score (nSPS) is 11.2. The molecule has 0 fully saturated rings. The van der Waals surface area contributed by atoms with Gasteiger partial charge in [-0.15, -0.1) is 0 Å². The van der Waals surface area contributed by atoms with Crippen LogP contribution in [-0.4, -0.2) is 25.5 Å². The quantitative estimate of drug-likeness (QED) is 0.615. The fourth-order valence-corrected chi connectivity index (χ4v) is 3.43. The van der Waals surface area contributed by atoms with E-state index < -0.39 is 6.43 Å². The first-order chi connectivity index (χ1) is 13.3. The predicted molar refractivity (Wildman–Crippen MR) is 105 cm³/mol. The smallest absolute Gasteiger partial charge is 0.283 e. The molecule has 0 aliphatic rings. The monoisotopic (exact) mass is 451 g/mol. The molecule has 3 aromatic rings. The third kappa shape index (κ3) is 3.99. The molecule has 0 saturated carbocycles. The van der Waals surface area contributed by atoms with Crippen LogP contribution in [0.1, 0.15) is 34.8 Å². The summed E-state index contributed by atoms with van der Waals surface area (Å²) >= 11 is 3.11. The average molecular weight is 452 g/mol. The fourth-order valence-electron chi connectivity index (χ4n) is 2.97. The lowest BCUT2D eigenvalue weighted by atomic mass is 10.2. The van der Waals surface area contributed by atoms with Crippen molar-refractivity contribution < 1.29 is 13.6 Å². The first kappa shape index (κ1) is 20.2. The minimum atomic E-state index is -2.70. The van der Waals surface area contributed by atoms with Crippen LogP contribution in [-0.2, 0) is 17.9 Å². The van der Waals surface area contributed by atoms with Crippen molar-refractivity contribution in [1.29, 1.82) is 0 Å². The number of carbonyl (C=O) groups is 1. The lowest BCUT2D eigenvalue weighted by molar-refractivity contribution is -0.122. The van der Waals surface area contributed by atoms with Crippen molar-refractivity contribution >= 4 is 21.8 Å². The minimum absolute atomic E-state index is 0.137. The van der Waals surface area contributed by atoms with Gasteiger partial charge in [0.05, 0.1) is 21.5 Å². The molecule has 2 heterocycles. The molecule has 0 atom stereocenters. The fraction of sp³-hybridized carbons (Fsp3) is 0.316. The van der Waals surface area contributed by atoms with E-state index in [1.54, 1.807) is 6.92 Å². The van der Waals surface area contributed by atoms with E-state index >= 15 is 0 Å². The second kappa shape index (κ2) is 8.22. The molecular weight excluding hydrogens is 432 g/mol. The Morgan fingerprint density at radius 3 is 2.43 bits per heavy atom. The Morgan fingerprint density at radius 2 is 1.82 bits per heavy atom. The van der Waals surface area contributed by atoms with Crippen LogP contribution in [0.5, 0.6) is 0 Å². The van der Waals surface area contributed by atoms with Crippen LogP contribution >= 0.6 is 15.9 Å². The molecule has 1 amide bonds. The van der Waals surface area contributed by atoms with Gasteiger partial charge in [-0.3, -0.25) is 9.48 Å². The molecule has 6 nitrogen and oxygen atoms in total. The number of hydrogen-bond acceptors (Lipinski definition) is 3. The number of benzene rings is 1. The van der Waals surface area contributed by atoms with Crippen molar-refractivity contribution in [2.24, 2.45) is 0 Å². The van der Waals surface area contributed by atoms with E-state index in [-0.39, 0.29) is 22.6 Å². The molecule has 0 bridgehead atoms. The van der Waals surface area contributed by atoms with E-state index in [0.717, 1.165) is 22.6 Å². The summed E-state index contributed by atoms with van der Waals surface area (Å²) < 4.78 is 29.2.